The molecule has 0 saturated carbocycles. The second-order valence-corrected chi connectivity index (χ2v) is 12.6. The van der Waals surface area contributed by atoms with Crippen LogP contribution in [0.4, 0.5) is 0 Å². The summed E-state index contributed by atoms with van der Waals surface area (Å²) >= 11 is 0. The van der Waals surface area contributed by atoms with E-state index in [0.29, 0.717) is 0 Å². The Labute approximate surface area is 107 Å². The van der Waals surface area contributed by atoms with E-state index in [9.17, 15) is 0 Å². The van der Waals surface area contributed by atoms with Gasteiger partial charge in [-0.25, -0.2) is 0 Å². The zero-order chi connectivity index (χ0) is 12.9. The molecule has 0 saturated heterocycles. The molecule has 0 heterocycles. The highest BCUT2D eigenvalue weighted by Gasteiger charge is 2.40. The van der Waals surface area contributed by atoms with E-state index in [-0.39, 0.29) is 0 Å². The Kier molecular flexibility index (Phi) is 7.14. The van der Waals surface area contributed by atoms with Crippen LogP contribution in [0.25, 0.3) is 0 Å². The lowest BCUT2D eigenvalue weighted by Crippen LogP contribution is -2.65. The Morgan fingerprint density at radius 1 is 0.812 bits per heavy atom. The van der Waals surface area contributed by atoms with E-state index >= 15 is 0 Å². The van der Waals surface area contributed by atoms with Crippen LogP contribution >= 0.6 is 0 Å². The SMILES string of the molecule is CCC([SiH](C)C)[N+](C)(CC)C(CC)[SiH](C)C. The lowest BCUT2D eigenvalue weighted by atomic mass is 10.3. The van der Waals surface area contributed by atoms with Crippen molar-refractivity contribution in [1.82, 2.24) is 0 Å². The third kappa shape index (κ3) is 3.44. The normalized spacial score (nSPS) is 19.9. The minimum atomic E-state index is -0.545. The summed E-state index contributed by atoms with van der Waals surface area (Å²) in [4.78, 5) is 0. The minimum absolute atomic E-state index is 0.545. The maximum Gasteiger partial charge on any atom is 0.102 e. The second-order valence-electron chi connectivity index (χ2n) is 6.10. The van der Waals surface area contributed by atoms with Crippen LogP contribution in [0.15, 0.2) is 0 Å². The fourth-order valence-corrected chi connectivity index (χ4v) is 9.53. The first-order valence-electron chi connectivity index (χ1n) is 7.19. The van der Waals surface area contributed by atoms with Crippen LogP contribution in [-0.4, -0.2) is 47.0 Å². The van der Waals surface area contributed by atoms with Gasteiger partial charge in [-0.1, -0.05) is 40.0 Å². The van der Waals surface area contributed by atoms with Crippen molar-refractivity contribution in [3.8, 4) is 0 Å². The van der Waals surface area contributed by atoms with Crippen LogP contribution in [0.3, 0.4) is 0 Å². The van der Waals surface area contributed by atoms with Crippen LogP contribution in [0.1, 0.15) is 33.6 Å². The molecule has 0 N–H and O–H groups in total. The average Bonchev–Trinajstić information content (AvgIpc) is 2.18. The number of rotatable bonds is 7. The van der Waals surface area contributed by atoms with Crippen molar-refractivity contribution in [2.24, 2.45) is 0 Å². The molecule has 0 aliphatic heterocycles. The molecule has 0 amide bonds. The molecule has 2 unspecified atom stereocenters. The standard InChI is InChI=1S/C13H34NSi2/c1-9-12(15(5)6)14(4,11-3)13(10-2)16(7)8/h12-13,15-16H,9-11H2,1-8H3/q+1. The largest absolute Gasteiger partial charge is 0.329 e. The monoisotopic (exact) mass is 260 g/mol. The topological polar surface area (TPSA) is 0 Å². The fraction of sp³-hybridized carbons (Fsp3) is 1.00. The molecule has 0 aliphatic carbocycles. The van der Waals surface area contributed by atoms with Gasteiger partial charge in [0.2, 0.25) is 0 Å². The molecule has 0 fully saturated rings. The lowest BCUT2D eigenvalue weighted by molar-refractivity contribution is -0.933. The molecule has 0 aliphatic rings. The summed E-state index contributed by atoms with van der Waals surface area (Å²) in [7, 11) is 1.45. The summed E-state index contributed by atoms with van der Waals surface area (Å²) in [5.41, 5.74) is 1.95. The van der Waals surface area contributed by atoms with Crippen molar-refractivity contribution in [3.05, 3.63) is 0 Å². The van der Waals surface area contributed by atoms with Crippen molar-refractivity contribution in [1.29, 1.82) is 0 Å². The van der Waals surface area contributed by atoms with Gasteiger partial charge in [-0.05, 0) is 19.8 Å². The Bertz CT molecular complexity index is 176. The van der Waals surface area contributed by atoms with Crippen LogP contribution < -0.4 is 0 Å². The summed E-state index contributed by atoms with van der Waals surface area (Å²) in [6.45, 7) is 18.7. The number of quaternary nitrogens is 1. The van der Waals surface area contributed by atoms with Gasteiger partial charge in [0.15, 0.2) is 0 Å². The van der Waals surface area contributed by atoms with Crippen LogP contribution in [0.5, 0.6) is 0 Å². The molecule has 0 spiro atoms. The van der Waals surface area contributed by atoms with E-state index in [0.717, 1.165) is 11.3 Å². The van der Waals surface area contributed by atoms with Crippen molar-refractivity contribution in [2.75, 3.05) is 13.6 Å². The molecule has 0 radical (unpaired) electrons. The highest BCUT2D eigenvalue weighted by molar-refractivity contribution is 6.58. The van der Waals surface area contributed by atoms with Crippen molar-refractivity contribution < 1.29 is 4.48 Å². The van der Waals surface area contributed by atoms with E-state index in [1.165, 1.54) is 23.9 Å². The van der Waals surface area contributed by atoms with Gasteiger partial charge in [0.05, 0.1) is 24.9 Å². The van der Waals surface area contributed by atoms with E-state index in [1.807, 2.05) is 0 Å². The Morgan fingerprint density at radius 3 is 1.25 bits per heavy atom. The molecule has 98 valence electrons. The quantitative estimate of drug-likeness (QED) is 0.487. The number of nitrogens with zero attached hydrogens (tertiary/aromatic N) is 1. The first-order chi connectivity index (χ1) is 7.34. The highest BCUT2D eigenvalue weighted by atomic mass is 28.3. The Balaban J connectivity index is 5.12. The van der Waals surface area contributed by atoms with Crippen LogP contribution in [0, 0.1) is 0 Å². The second kappa shape index (κ2) is 6.97. The van der Waals surface area contributed by atoms with Gasteiger partial charge < -0.3 is 4.48 Å². The van der Waals surface area contributed by atoms with Gasteiger partial charge >= 0.3 is 0 Å². The summed E-state index contributed by atoms with van der Waals surface area (Å²) in [5, 5.41) is 0. The van der Waals surface area contributed by atoms with Gasteiger partial charge in [0.25, 0.3) is 0 Å². The molecular formula is C13H34NSi2+. The van der Waals surface area contributed by atoms with E-state index in [4.69, 9.17) is 0 Å². The van der Waals surface area contributed by atoms with Gasteiger partial charge in [-0.2, -0.15) is 0 Å². The summed E-state index contributed by atoms with van der Waals surface area (Å²) in [6.07, 6.45) is 2.76. The van der Waals surface area contributed by atoms with Gasteiger partial charge in [-0.15, -0.1) is 0 Å². The number of hydrogen-bond acceptors (Lipinski definition) is 0. The molecule has 0 aromatic heterocycles. The molecule has 1 nitrogen and oxygen atoms in total. The fourth-order valence-electron chi connectivity index (χ4n) is 3.85. The summed E-state index contributed by atoms with van der Waals surface area (Å²) < 4.78 is 1.38. The van der Waals surface area contributed by atoms with Gasteiger partial charge in [-0.3, -0.25) is 0 Å². The predicted molar refractivity (Wildman–Crippen MR) is 82.6 cm³/mol. The third-order valence-corrected chi connectivity index (χ3v) is 9.96. The molecule has 0 rings (SSSR count). The highest BCUT2D eigenvalue weighted by Crippen LogP contribution is 2.25. The summed E-state index contributed by atoms with van der Waals surface area (Å²) in [6, 6.07) is 0. The first kappa shape index (κ1) is 16.4. The molecule has 3 heteroatoms. The first-order valence-corrected chi connectivity index (χ1v) is 13.1. The van der Waals surface area contributed by atoms with Crippen LogP contribution in [0.2, 0.25) is 26.2 Å². The molecule has 0 aromatic carbocycles. The predicted octanol–water partition coefficient (Wildman–Crippen LogP) is 3.06. The Morgan fingerprint density at radius 2 is 1.12 bits per heavy atom. The maximum absolute atomic E-state index is 2.54. The van der Waals surface area contributed by atoms with E-state index in [1.54, 1.807) is 0 Å². The van der Waals surface area contributed by atoms with Crippen molar-refractivity contribution in [2.45, 2.75) is 71.1 Å². The lowest BCUT2D eigenvalue weighted by Gasteiger charge is -2.49. The number of hydrogen-bond donors (Lipinski definition) is 0. The van der Waals surface area contributed by atoms with Crippen LogP contribution in [-0.2, 0) is 0 Å². The van der Waals surface area contributed by atoms with E-state index < -0.39 is 17.6 Å². The summed E-state index contributed by atoms with van der Waals surface area (Å²) in [5.74, 6) is 0. The smallest absolute Gasteiger partial charge is 0.102 e. The average molecular weight is 261 g/mol. The molecule has 0 aromatic rings. The van der Waals surface area contributed by atoms with Gasteiger partial charge in [0.1, 0.15) is 17.6 Å². The third-order valence-electron chi connectivity index (χ3n) is 4.57. The molecule has 2 atom stereocenters. The van der Waals surface area contributed by atoms with Crippen molar-refractivity contribution >= 4 is 17.6 Å². The molecule has 0 bridgehead atoms. The van der Waals surface area contributed by atoms with Gasteiger partial charge in [0, 0.05) is 0 Å². The zero-order valence-corrected chi connectivity index (χ0v) is 15.2. The maximum atomic E-state index is 2.54. The minimum Gasteiger partial charge on any atom is -0.329 e. The molecule has 16 heavy (non-hydrogen) atoms. The van der Waals surface area contributed by atoms with Crippen molar-refractivity contribution in [3.63, 3.8) is 0 Å². The Hall–Kier alpha value is 0.394. The van der Waals surface area contributed by atoms with E-state index in [2.05, 4.69) is 54.0 Å². The molecular weight excluding hydrogens is 226 g/mol. The zero-order valence-electron chi connectivity index (χ0n) is 12.9.